The zero-order chi connectivity index (χ0) is 24.0. The van der Waals surface area contributed by atoms with Crippen molar-refractivity contribution in [3.05, 3.63) is 88.5 Å². The summed E-state index contributed by atoms with van der Waals surface area (Å²) < 4.78 is 0. The van der Waals surface area contributed by atoms with Crippen molar-refractivity contribution in [3.63, 3.8) is 0 Å². The first-order valence-electron chi connectivity index (χ1n) is 10.3. The van der Waals surface area contributed by atoms with Crippen molar-refractivity contribution < 1.29 is 19.6 Å². The molecule has 3 aromatic rings. The van der Waals surface area contributed by atoms with Gasteiger partial charge in [0.2, 0.25) is 0 Å². The molecule has 1 fully saturated rings. The van der Waals surface area contributed by atoms with E-state index in [-0.39, 0.29) is 5.46 Å². The molecule has 0 aliphatic carbocycles. The fourth-order valence-corrected chi connectivity index (χ4v) is 4.27. The van der Waals surface area contributed by atoms with Crippen LogP contribution in [0.2, 0.25) is 5.02 Å². The third-order valence-electron chi connectivity index (χ3n) is 5.73. The maximum Gasteiger partial charge on any atom is 0.488 e. The number of nitrogens with zero attached hydrogens (tertiary/aromatic N) is 3. The predicted octanol–water partition coefficient (Wildman–Crippen LogP) is 2.51. The zero-order valence-electron chi connectivity index (χ0n) is 17.5. The number of carbonyl (C=O) groups excluding carboxylic acids is 2. The molecule has 2 aliphatic rings. The number of hydrogen-bond donors (Lipinski definition) is 3. The molecule has 3 N–H and O–H groups in total. The summed E-state index contributed by atoms with van der Waals surface area (Å²) in [5.41, 5.74) is 3.07. The van der Waals surface area contributed by atoms with Crippen molar-refractivity contribution in [2.75, 3.05) is 9.80 Å². The minimum Gasteiger partial charge on any atom is -0.423 e. The molecule has 2 aliphatic heterocycles. The summed E-state index contributed by atoms with van der Waals surface area (Å²) in [4.78, 5) is 29.4. The van der Waals surface area contributed by atoms with Crippen molar-refractivity contribution in [2.24, 2.45) is 0 Å². The van der Waals surface area contributed by atoms with Gasteiger partial charge in [0, 0.05) is 10.7 Å². The van der Waals surface area contributed by atoms with Crippen LogP contribution in [0.15, 0.2) is 72.3 Å². The quantitative estimate of drug-likeness (QED) is 0.507. The van der Waals surface area contributed by atoms with Crippen LogP contribution in [0.1, 0.15) is 11.1 Å². The van der Waals surface area contributed by atoms with E-state index in [1.54, 1.807) is 77.7 Å². The molecule has 8 nitrogen and oxygen atoms in total. The van der Waals surface area contributed by atoms with Crippen molar-refractivity contribution in [1.29, 1.82) is 5.26 Å². The van der Waals surface area contributed by atoms with Gasteiger partial charge >= 0.3 is 13.1 Å². The van der Waals surface area contributed by atoms with Gasteiger partial charge in [-0.15, -0.1) is 0 Å². The average Bonchev–Trinajstić information content (AvgIpc) is 2.84. The zero-order valence-corrected chi connectivity index (χ0v) is 18.3. The standard InChI is InChI=1S/C24H16BClN4O4/c26-17-6-8-18(9-7-17)30-23(31)20-11-15-5-4-14(13-27)10-21(15)29(22(20)28-24(30)32)19-3-1-2-16(12-19)25(33)34/h1-12,22,33-34H,(H,28,32). The van der Waals surface area contributed by atoms with E-state index in [0.29, 0.717) is 38.8 Å². The second-order valence-corrected chi connectivity index (χ2v) is 8.23. The molecular weight excluding hydrogens is 455 g/mol. The van der Waals surface area contributed by atoms with E-state index in [4.69, 9.17) is 11.6 Å². The summed E-state index contributed by atoms with van der Waals surface area (Å²) >= 11 is 5.96. The Balaban J connectivity index is 1.67. The van der Waals surface area contributed by atoms with Crippen LogP contribution in [0.5, 0.6) is 0 Å². The Morgan fingerprint density at radius 1 is 1.00 bits per heavy atom. The molecule has 2 heterocycles. The maximum absolute atomic E-state index is 13.5. The fourth-order valence-electron chi connectivity index (χ4n) is 4.14. The van der Waals surface area contributed by atoms with Crippen LogP contribution in [0.3, 0.4) is 0 Å². The number of urea groups is 1. The molecule has 10 heteroatoms. The Hall–Kier alpha value is -4.10. The van der Waals surface area contributed by atoms with Gasteiger partial charge in [-0.05, 0) is 65.6 Å². The lowest BCUT2D eigenvalue weighted by Crippen LogP contribution is -2.62. The van der Waals surface area contributed by atoms with Crippen LogP contribution < -0.4 is 20.6 Å². The highest BCUT2D eigenvalue weighted by Gasteiger charge is 2.43. The highest BCUT2D eigenvalue weighted by atomic mass is 35.5. The molecule has 1 unspecified atom stereocenters. The minimum absolute atomic E-state index is 0.239. The van der Waals surface area contributed by atoms with E-state index in [0.717, 1.165) is 4.90 Å². The first kappa shape index (κ1) is 21.7. The van der Waals surface area contributed by atoms with Crippen molar-refractivity contribution in [2.45, 2.75) is 6.17 Å². The third kappa shape index (κ3) is 3.60. The average molecular weight is 471 g/mol. The molecule has 3 aromatic carbocycles. The number of halogens is 1. The Bertz CT molecular complexity index is 1400. The Morgan fingerprint density at radius 3 is 2.47 bits per heavy atom. The van der Waals surface area contributed by atoms with Crippen LogP contribution in [-0.4, -0.2) is 35.3 Å². The van der Waals surface area contributed by atoms with Gasteiger partial charge in [-0.3, -0.25) is 4.79 Å². The smallest absolute Gasteiger partial charge is 0.423 e. The van der Waals surface area contributed by atoms with Crippen LogP contribution in [-0.2, 0) is 4.79 Å². The van der Waals surface area contributed by atoms with E-state index in [1.807, 2.05) is 0 Å². The molecule has 0 radical (unpaired) electrons. The summed E-state index contributed by atoms with van der Waals surface area (Å²) in [6.07, 6.45) is 0.809. The molecule has 1 saturated heterocycles. The first-order valence-corrected chi connectivity index (χ1v) is 10.7. The molecule has 0 bridgehead atoms. The van der Waals surface area contributed by atoms with Gasteiger partial charge in [0.15, 0.2) is 0 Å². The molecule has 34 heavy (non-hydrogen) atoms. The molecule has 3 amide bonds. The summed E-state index contributed by atoms with van der Waals surface area (Å²) in [6.45, 7) is 0. The molecule has 166 valence electrons. The monoisotopic (exact) mass is 470 g/mol. The number of anilines is 3. The molecular formula is C24H16BClN4O4. The number of carbonyl (C=O) groups is 2. The van der Waals surface area contributed by atoms with E-state index in [9.17, 15) is 24.9 Å². The second kappa shape index (κ2) is 8.35. The summed E-state index contributed by atoms with van der Waals surface area (Å²) in [5.74, 6) is -0.505. The van der Waals surface area contributed by atoms with Crippen LogP contribution in [0.4, 0.5) is 21.9 Å². The van der Waals surface area contributed by atoms with Crippen molar-refractivity contribution in [1.82, 2.24) is 5.32 Å². The van der Waals surface area contributed by atoms with E-state index < -0.39 is 25.2 Å². The van der Waals surface area contributed by atoms with Gasteiger partial charge in [0.1, 0.15) is 6.17 Å². The summed E-state index contributed by atoms with van der Waals surface area (Å²) in [5, 5.41) is 32.1. The summed E-state index contributed by atoms with van der Waals surface area (Å²) in [6, 6.07) is 19.3. The van der Waals surface area contributed by atoms with E-state index in [1.165, 1.54) is 0 Å². The lowest BCUT2D eigenvalue weighted by Gasteiger charge is -2.43. The highest BCUT2D eigenvalue weighted by Crippen LogP contribution is 2.40. The van der Waals surface area contributed by atoms with Gasteiger partial charge in [0.25, 0.3) is 5.91 Å². The van der Waals surface area contributed by atoms with Gasteiger partial charge < -0.3 is 20.3 Å². The summed E-state index contributed by atoms with van der Waals surface area (Å²) in [7, 11) is -1.70. The second-order valence-electron chi connectivity index (χ2n) is 7.79. The number of nitriles is 1. The lowest BCUT2D eigenvalue weighted by molar-refractivity contribution is -0.115. The van der Waals surface area contributed by atoms with Crippen molar-refractivity contribution in [3.8, 4) is 6.07 Å². The Morgan fingerprint density at radius 2 is 1.76 bits per heavy atom. The maximum atomic E-state index is 13.5. The molecule has 0 saturated carbocycles. The first-order chi connectivity index (χ1) is 16.4. The topological polar surface area (TPSA) is 117 Å². The van der Waals surface area contributed by atoms with Gasteiger partial charge in [-0.2, -0.15) is 5.26 Å². The lowest BCUT2D eigenvalue weighted by atomic mass is 9.80. The number of amides is 3. The predicted molar refractivity (Wildman–Crippen MR) is 129 cm³/mol. The largest absolute Gasteiger partial charge is 0.488 e. The van der Waals surface area contributed by atoms with E-state index in [2.05, 4.69) is 11.4 Å². The number of nitrogens with one attached hydrogen (secondary N) is 1. The van der Waals surface area contributed by atoms with E-state index >= 15 is 0 Å². The van der Waals surface area contributed by atoms with Gasteiger partial charge in [0.05, 0.1) is 28.6 Å². The Labute approximate surface area is 200 Å². The number of hydrogen-bond acceptors (Lipinski definition) is 6. The Kier molecular flexibility index (Phi) is 5.34. The van der Waals surface area contributed by atoms with Crippen LogP contribution in [0.25, 0.3) is 6.08 Å². The fraction of sp³-hybridized carbons (Fsp3) is 0.0417. The SMILES string of the molecule is N#Cc1ccc2c(c1)N(c1cccc(B(O)O)c1)C1NC(=O)N(c3ccc(Cl)cc3)C(=O)C1=C2. The number of rotatable bonds is 3. The number of benzene rings is 3. The molecule has 1 atom stereocenters. The van der Waals surface area contributed by atoms with Crippen LogP contribution in [0, 0.1) is 11.3 Å². The molecule has 5 rings (SSSR count). The van der Waals surface area contributed by atoms with Gasteiger partial charge in [-0.25, -0.2) is 9.69 Å². The number of fused-ring (bicyclic) bond motifs is 2. The van der Waals surface area contributed by atoms with Crippen LogP contribution >= 0.6 is 11.6 Å². The van der Waals surface area contributed by atoms with Crippen molar-refractivity contribution >= 4 is 59.3 Å². The number of imide groups is 1. The minimum atomic E-state index is -1.70. The molecule has 0 spiro atoms. The highest BCUT2D eigenvalue weighted by molar-refractivity contribution is 6.58. The van der Waals surface area contributed by atoms with Gasteiger partial charge in [-0.1, -0.05) is 29.8 Å². The third-order valence-corrected chi connectivity index (χ3v) is 5.98. The normalized spacial score (nSPS) is 16.8. The molecule has 0 aromatic heterocycles.